The summed E-state index contributed by atoms with van der Waals surface area (Å²) in [6.07, 6.45) is 1.65. The van der Waals surface area contributed by atoms with Gasteiger partial charge in [0.1, 0.15) is 0 Å². The summed E-state index contributed by atoms with van der Waals surface area (Å²) in [6, 6.07) is 3.66. The van der Waals surface area contributed by atoms with Crippen LogP contribution in [0.25, 0.3) is 11.2 Å². The number of fused-ring (bicyclic) bond motifs is 1. The van der Waals surface area contributed by atoms with Crippen LogP contribution in [0, 0.1) is 0 Å². The summed E-state index contributed by atoms with van der Waals surface area (Å²) in [5, 5.41) is 0. The van der Waals surface area contributed by atoms with Gasteiger partial charge in [0.25, 0.3) is 0 Å². The molecule has 0 bridgehead atoms. The van der Waals surface area contributed by atoms with Gasteiger partial charge in [0, 0.05) is 13.3 Å². The maximum Gasteiger partial charge on any atom is 0.327 e. The van der Waals surface area contributed by atoms with E-state index in [0.29, 0.717) is 18.8 Å². The van der Waals surface area contributed by atoms with E-state index in [0.717, 1.165) is 5.52 Å². The van der Waals surface area contributed by atoms with Crippen molar-refractivity contribution >= 4 is 11.2 Å². The van der Waals surface area contributed by atoms with E-state index in [4.69, 9.17) is 4.74 Å². The summed E-state index contributed by atoms with van der Waals surface area (Å²) in [7, 11) is 1.61. The number of ether oxygens (including phenoxy) is 1. The molecule has 1 N–H and O–H groups in total. The van der Waals surface area contributed by atoms with E-state index >= 15 is 0 Å². The minimum Gasteiger partial charge on any atom is -0.383 e. The first-order valence-electron chi connectivity index (χ1n) is 4.35. The zero-order valence-electron chi connectivity index (χ0n) is 7.86. The highest BCUT2D eigenvalue weighted by Gasteiger charge is 2.05. The maximum atomic E-state index is 11.5. The third-order valence-electron chi connectivity index (χ3n) is 2.07. The lowest BCUT2D eigenvalue weighted by Crippen LogP contribution is -2.18. The molecule has 5 heteroatoms. The monoisotopic (exact) mass is 193 g/mol. The van der Waals surface area contributed by atoms with Crippen LogP contribution in [0.5, 0.6) is 0 Å². The summed E-state index contributed by atoms with van der Waals surface area (Å²) in [4.78, 5) is 18.2. The number of H-pyrrole nitrogens is 1. The smallest absolute Gasteiger partial charge is 0.327 e. The SMILES string of the molecule is COCCn1c(=O)[nH]c2ncccc21. The average molecular weight is 193 g/mol. The number of nitrogens with zero attached hydrogens (tertiary/aromatic N) is 2. The molecule has 0 fully saturated rings. The van der Waals surface area contributed by atoms with Gasteiger partial charge < -0.3 is 4.74 Å². The number of imidazole rings is 1. The van der Waals surface area contributed by atoms with Crippen molar-refractivity contribution in [2.24, 2.45) is 0 Å². The molecule has 2 aromatic rings. The van der Waals surface area contributed by atoms with Crippen LogP contribution in [0.15, 0.2) is 23.1 Å². The van der Waals surface area contributed by atoms with E-state index in [1.165, 1.54) is 0 Å². The summed E-state index contributed by atoms with van der Waals surface area (Å²) in [6.45, 7) is 1.06. The predicted octanol–water partition coefficient (Wildman–Crippen LogP) is 0.371. The zero-order chi connectivity index (χ0) is 9.97. The van der Waals surface area contributed by atoms with Gasteiger partial charge in [-0.3, -0.25) is 9.55 Å². The Morgan fingerprint density at radius 2 is 2.50 bits per heavy atom. The molecule has 0 aromatic carbocycles. The minimum atomic E-state index is -0.143. The van der Waals surface area contributed by atoms with Crippen LogP contribution in [-0.4, -0.2) is 28.3 Å². The molecule has 0 amide bonds. The molecule has 0 saturated carbocycles. The number of hydrogen-bond donors (Lipinski definition) is 1. The van der Waals surface area contributed by atoms with Crippen molar-refractivity contribution in [2.75, 3.05) is 13.7 Å². The van der Waals surface area contributed by atoms with Gasteiger partial charge in [-0.15, -0.1) is 0 Å². The van der Waals surface area contributed by atoms with Gasteiger partial charge in [-0.2, -0.15) is 0 Å². The molecule has 5 nitrogen and oxygen atoms in total. The second-order valence-corrected chi connectivity index (χ2v) is 2.95. The van der Waals surface area contributed by atoms with Crippen LogP contribution < -0.4 is 5.69 Å². The van der Waals surface area contributed by atoms with Crippen LogP contribution in [0.4, 0.5) is 0 Å². The Morgan fingerprint density at radius 3 is 3.29 bits per heavy atom. The first kappa shape index (κ1) is 8.96. The quantitative estimate of drug-likeness (QED) is 0.766. The van der Waals surface area contributed by atoms with Crippen LogP contribution in [0.2, 0.25) is 0 Å². The fraction of sp³-hybridized carbons (Fsp3) is 0.333. The fourth-order valence-electron chi connectivity index (χ4n) is 1.39. The molecular weight excluding hydrogens is 182 g/mol. The lowest BCUT2D eigenvalue weighted by atomic mass is 10.4. The van der Waals surface area contributed by atoms with Crippen molar-refractivity contribution in [2.45, 2.75) is 6.54 Å². The van der Waals surface area contributed by atoms with Gasteiger partial charge in [-0.1, -0.05) is 0 Å². The topological polar surface area (TPSA) is 59.9 Å². The van der Waals surface area contributed by atoms with Crippen LogP contribution in [0.1, 0.15) is 0 Å². The molecule has 2 rings (SSSR count). The maximum absolute atomic E-state index is 11.5. The number of aromatic amines is 1. The Kier molecular flexibility index (Phi) is 2.32. The molecule has 0 atom stereocenters. The first-order chi connectivity index (χ1) is 6.83. The molecule has 2 heterocycles. The highest BCUT2D eigenvalue weighted by Crippen LogP contribution is 2.04. The van der Waals surface area contributed by atoms with E-state index in [9.17, 15) is 4.79 Å². The molecule has 0 unspecified atom stereocenters. The molecule has 0 radical (unpaired) electrons. The Morgan fingerprint density at radius 1 is 1.64 bits per heavy atom. The van der Waals surface area contributed by atoms with E-state index in [-0.39, 0.29) is 5.69 Å². The Labute approximate surface area is 80.3 Å². The summed E-state index contributed by atoms with van der Waals surface area (Å²) in [5.41, 5.74) is 1.29. The van der Waals surface area contributed by atoms with Gasteiger partial charge >= 0.3 is 5.69 Å². The number of nitrogens with one attached hydrogen (secondary N) is 1. The Hall–Kier alpha value is -1.62. The van der Waals surface area contributed by atoms with E-state index < -0.39 is 0 Å². The molecule has 0 aliphatic carbocycles. The van der Waals surface area contributed by atoms with Crippen molar-refractivity contribution in [1.82, 2.24) is 14.5 Å². The Bertz CT molecular complexity index is 486. The molecular formula is C9H11N3O2. The van der Waals surface area contributed by atoms with Gasteiger partial charge in [0.2, 0.25) is 0 Å². The van der Waals surface area contributed by atoms with Crippen molar-refractivity contribution < 1.29 is 4.74 Å². The second-order valence-electron chi connectivity index (χ2n) is 2.95. The molecule has 0 aliphatic rings. The lowest BCUT2D eigenvalue weighted by Gasteiger charge is -2.00. The van der Waals surface area contributed by atoms with Crippen molar-refractivity contribution in [3.05, 3.63) is 28.8 Å². The van der Waals surface area contributed by atoms with Crippen LogP contribution in [-0.2, 0) is 11.3 Å². The van der Waals surface area contributed by atoms with Gasteiger partial charge in [-0.25, -0.2) is 9.78 Å². The third kappa shape index (κ3) is 1.42. The summed E-state index contributed by atoms with van der Waals surface area (Å²) >= 11 is 0. The normalized spacial score (nSPS) is 10.9. The second kappa shape index (κ2) is 3.63. The molecule has 0 aliphatic heterocycles. The predicted molar refractivity (Wildman–Crippen MR) is 52.2 cm³/mol. The van der Waals surface area contributed by atoms with Crippen LogP contribution in [0.3, 0.4) is 0 Å². The van der Waals surface area contributed by atoms with Crippen molar-refractivity contribution in [1.29, 1.82) is 0 Å². The standard InChI is InChI=1S/C9H11N3O2/c1-14-6-5-12-7-3-2-4-10-8(7)11-9(12)13/h2-4H,5-6H2,1H3,(H,10,11,13). The molecule has 74 valence electrons. The minimum absolute atomic E-state index is 0.143. The summed E-state index contributed by atoms with van der Waals surface area (Å²) in [5.74, 6) is 0. The van der Waals surface area contributed by atoms with Crippen LogP contribution >= 0.6 is 0 Å². The van der Waals surface area contributed by atoms with E-state index in [1.807, 2.05) is 6.07 Å². The van der Waals surface area contributed by atoms with E-state index in [2.05, 4.69) is 9.97 Å². The molecule has 14 heavy (non-hydrogen) atoms. The zero-order valence-corrected chi connectivity index (χ0v) is 7.86. The van der Waals surface area contributed by atoms with Crippen molar-refractivity contribution in [3.8, 4) is 0 Å². The summed E-state index contributed by atoms with van der Waals surface area (Å²) < 4.78 is 6.54. The molecule has 0 saturated heterocycles. The number of methoxy groups -OCH3 is 1. The number of aromatic nitrogens is 3. The fourth-order valence-corrected chi connectivity index (χ4v) is 1.39. The number of hydrogen-bond acceptors (Lipinski definition) is 3. The van der Waals surface area contributed by atoms with Gasteiger partial charge in [0.15, 0.2) is 5.65 Å². The molecule has 2 aromatic heterocycles. The van der Waals surface area contributed by atoms with Gasteiger partial charge in [0.05, 0.1) is 18.7 Å². The highest BCUT2D eigenvalue weighted by molar-refractivity contribution is 5.70. The number of rotatable bonds is 3. The van der Waals surface area contributed by atoms with Gasteiger partial charge in [-0.05, 0) is 12.1 Å². The lowest BCUT2D eigenvalue weighted by molar-refractivity contribution is 0.187. The highest BCUT2D eigenvalue weighted by atomic mass is 16.5. The molecule has 0 spiro atoms. The van der Waals surface area contributed by atoms with Crippen molar-refractivity contribution in [3.63, 3.8) is 0 Å². The average Bonchev–Trinajstić information content (AvgIpc) is 2.51. The Balaban J connectivity index is 2.51. The van der Waals surface area contributed by atoms with E-state index in [1.54, 1.807) is 23.9 Å². The largest absolute Gasteiger partial charge is 0.383 e. The first-order valence-corrected chi connectivity index (χ1v) is 4.35. The third-order valence-corrected chi connectivity index (χ3v) is 2.07. The number of pyridine rings is 1.